The van der Waals surface area contributed by atoms with Crippen molar-refractivity contribution in [2.45, 2.75) is 0 Å². The van der Waals surface area contributed by atoms with Crippen molar-refractivity contribution in [3.05, 3.63) is 42.0 Å². The van der Waals surface area contributed by atoms with Crippen LogP contribution in [0.4, 0.5) is 0 Å². The van der Waals surface area contributed by atoms with Gasteiger partial charge in [0.05, 0.1) is 7.11 Å². The van der Waals surface area contributed by atoms with E-state index in [4.69, 9.17) is 0 Å². The van der Waals surface area contributed by atoms with E-state index in [0.29, 0.717) is 10.8 Å². The number of hydrogen-bond donors (Lipinski definition) is 3. The average molecular weight is 288 g/mol. The van der Waals surface area contributed by atoms with Crippen molar-refractivity contribution < 1.29 is 29.6 Å². The van der Waals surface area contributed by atoms with E-state index in [-0.39, 0.29) is 17.1 Å². The molecule has 2 aromatic carbocycles. The lowest BCUT2D eigenvalue weighted by Crippen LogP contribution is -2.13. The smallest absolute Gasteiger partial charge is 0.378 e. The van der Waals surface area contributed by atoms with Gasteiger partial charge in [-0.05, 0) is 29.0 Å². The molecule has 2 rings (SSSR count). The minimum atomic E-state index is -1.08. The van der Waals surface area contributed by atoms with Gasteiger partial charge in [-0.3, -0.25) is 4.79 Å². The Morgan fingerprint density at radius 2 is 1.67 bits per heavy atom. The first-order valence-electron chi connectivity index (χ1n) is 5.91. The lowest BCUT2D eigenvalue weighted by atomic mass is 10.0. The number of rotatable bonds is 3. The van der Waals surface area contributed by atoms with E-state index < -0.39 is 17.5 Å². The second kappa shape index (κ2) is 5.54. The summed E-state index contributed by atoms with van der Waals surface area (Å²) in [4.78, 5) is 22.3. The fourth-order valence-electron chi connectivity index (χ4n) is 1.80. The standard InChI is InChI=1S/C15H12O6/c1-21-15(20)14(19)7-11(16)9-3-2-8-5-12(17)13(18)6-10(8)4-9/h2-7,16-18H,1H3/b11-7-. The highest BCUT2D eigenvalue weighted by molar-refractivity contribution is 6.39. The number of ketones is 1. The normalized spacial score (nSPS) is 11.4. The molecular weight excluding hydrogens is 276 g/mol. The molecule has 0 amide bonds. The predicted octanol–water partition coefficient (Wildman–Crippen LogP) is 1.89. The number of fused-ring (bicyclic) bond motifs is 1. The fourth-order valence-corrected chi connectivity index (χ4v) is 1.80. The van der Waals surface area contributed by atoms with Crippen molar-refractivity contribution in [1.82, 2.24) is 0 Å². The van der Waals surface area contributed by atoms with Crippen molar-refractivity contribution >= 4 is 28.3 Å². The highest BCUT2D eigenvalue weighted by Gasteiger charge is 2.13. The van der Waals surface area contributed by atoms with Crippen LogP contribution in [0.5, 0.6) is 11.5 Å². The fraction of sp³-hybridized carbons (Fsp3) is 0.0667. The van der Waals surface area contributed by atoms with E-state index in [0.717, 1.165) is 13.2 Å². The molecule has 0 saturated carbocycles. The first kappa shape index (κ1) is 14.4. The molecule has 0 spiro atoms. The molecule has 0 heterocycles. The highest BCUT2D eigenvalue weighted by atomic mass is 16.5. The van der Waals surface area contributed by atoms with E-state index in [1.807, 2.05) is 0 Å². The van der Waals surface area contributed by atoms with Crippen molar-refractivity contribution in [2.75, 3.05) is 7.11 Å². The SMILES string of the molecule is COC(=O)C(=O)/C=C(\O)c1ccc2cc(O)c(O)cc2c1. The van der Waals surface area contributed by atoms with Gasteiger partial charge in [0, 0.05) is 11.6 Å². The van der Waals surface area contributed by atoms with Crippen LogP contribution in [0, 0.1) is 0 Å². The molecule has 2 aromatic rings. The van der Waals surface area contributed by atoms with Gasteiger partial charge in [0.2, 0.25) is 0 Å². The maximum absolute atomic E-state index is 11.3. The summed E-state index contributed by atoms with van der Waals surface area (Å²) in [7, 11) is 1.07. The molecule has 0 aliphatic heterocycles. The van der Waals surface area contributed by atoms with Crippen LogP contribution in [0.25, 0.3) is 16.5 Å². The largest absolute Gasteiger partial charge is 0.507 e. The van der Waals surface area contributed by atoms with E-state index in [1.54, 1.807) is 6.07 Å². The van der Waals surface area contributed by atoms with E-state index in [1.165, 1.54) is 24.3 Å². The molecule has 0 bridgehead atoms. The quantitative estimate of drug-likeness (QED) is 0.262. The van der Waals surface area contributed by atoms with Crippen molar-refractivity contribution in [1.29, 1.82) is 0 Å². The summed E-state index contributed by atoms with van der Waals surface area (Å²) in [6.45, 7) is 0. The number of benzene rings is 2. The Labute approximate surface area is 119 Å². The Morgan fingerprint density at radius 3 is 2.29 bits per heavy atom. The summed E-state index contributed by atoms with van der Waals surface area (Å²) in [6, 6.07) is 7.30. The lowest BCUT2D eigenvalue weighted by molar-refractivity contribution is -0.149. The summed E-state index contributed by atoms with van der Waals surface area (Å²) in [5, 5.41) is 29.9. The van der Waals surface area contributed by atoms with Crippen LogP contribution in [0.15, 0.2) is 36.4 Å². The Balaban J connectivity index is 2.43. The van der Waals surface area contributed by atoms with Gasteiger partial charge in [-0.25, -0.2) is 4.79 Å². The van der Waals surface area contributed by atoms with E-state index >= 15 is 0 Å². The monoisotopic (exact) mass is 288 g/mol. The number of carbonyl (C=O) groups excluding carboxylic acids is 2. The summed E-state index contributed by atoms with van der Waals surface area (Å²) in [5.74, 6) is -3.02. The number of aromatic hydroxyl groups is 2. The van der Waals surface area contributed by atoms with Gasteiger partial charge in [-0.15, -0.1) is 0 Å². The summed E-state index contributed by atoms with van der Waals surface area (Å²) in [5.41, 5.74) is 0.282. The van der Waals surface area contributed by atoms with Gasteiger partial charge in [0.25, 0.3) is 5.78 Å². The molecular formula is C15H12O6. The molecule has 0 aliphatic rings. The van der Waals surface area contributed by atoms with Gasteiger partial charge < -0.3 is 20.1 Å². The van der Waals surface area contributed by atoms with E-state index in [2.05, 4.69) is 4.74 Å². The van der Waals surface area contributed by atoms with Crippen LogP contribution in [-0.4, -0.2) is 34.2 Å². The molecule has 6 heteroatoms. The first-order valence-corrected chi connectivity index (χ1v) is 5.91. The van der Waals surface area contributed by atoms with Crippen LogP contribution in [0.2, 0.25) is 0 Å². The Morgan fingerprint density at radius 1 is 1.05 bits per heavy atom. The van der Waals surface area contributed by atoms with Gasteiger partial charge in [0.15, 0.2) is 11.5 Å². The predicted molar refractivity (Wildman–Crippen MR) is 74.9 cm³/mol. The maximum atomic E-state index is 11.3. The van der Waals surface area contributed by atoms with Crippen LogP contribution < -0.4 is 0 Å². The Bertz CT molecular complexity index is 760. The summed E-state index contributed by atoms with van der Waals surface area (Å²) >= 11 is 0. The van der Waals surface area contributed by atoms with Crippen molar-refractivity contribution in [3.8, 4) is 11.5 Å². The number of aliphatic hydroxyl groups is 1. The van der Waals surface area contributed by atoms with Crippen LogP contribution in [-0.2, 0) is 14.3 Å². The highest BCUT2D eigenvalue weighted by Crippen LogP contribution is 2.31. The summed E-state index contributed by atoms with van der Waals surface area (Å²) in [6.07, 6.45) is 0.757. The summed E-state index contributed by atoms with van der Waals surface area (Å²) < 4.78 is 4.24. The molecule has 6 nitrogen and oxygen atoms in total. The molecule has 0 saturated heterocycles. The second-order valence-electron chi connectivity index (χ2n) is 4.29. The van der Waals surface area contributed by atoms with Crippen LogP contribution in [0.1, 0.15) is 5.56 Å². The number of carbonyl (C=O) groups is 2. The molecule has 0 aromatic heterocycles. The zero-order chi connectivity index (χ0) is 15.6. The van der Waals surface area contributed by atoms with Crippen LogP contribution in [0.3, 0.4) is 0 Å². The molecule has 21 heavy (non-hydrogen) atoms. The van der Waals surface area contributed by atoms with Gasteiger partial charge in [-0.2, -0.15) is 0 Å². The molecule has 0 fully saturated rings. The number of aliphatic hydroxyl groups excluding tert-OH is 1. The molecule has 108 valence electrons. The van der Waals surface area contributed by atoms with Gasteiger partial charge in [-0.1, -0.05) is 12.1 Å². The Hall–Kier alpha value is -3.02. The zero-order valence-corrected chi connectivity index (χ0v) is 11.0. The maximum Gasteiger partial charge on any atom is 0.378 e. The minimum Gasteiger partial charge on any atom is -0.507 e. The van der Waals surface area contributed by atoms with Crippen molar-refractivity contribution in [3.63, 3.8) is 0 Å². The lowest BCUT2D eigenvalue weighted by Gasteiger charge is -2.05. The number of ether oxygens (including phenoxy) is 1. The Kier molecular flexibility index (Phi) is 3.80. The zero-order valence-electron chi connectivity index (χ0n) is 11.0. The number of phenolic OH excluding ortho intramolecular Hbond substituents is 2. The molecule has 0 aliphatic carbocycles. The third-order valence-corrected chi connectivity index (χ3v) is 2.88. The van der Waals surface area contributed by atoms with Gasteiger partial charge >= 0.3 is 5.97 Å². The average Bonchev–Trinajstić information content (AvgIpc) is 2.46. The number of phenols is 2. The molecule has 0 radical (unpaired) electrons. The molecule has 3 N–H and O–H groups in total. The van der Waals surface area contributed by atoms with Crippen LogP contribution >= 0.6 is 0 Å². The minimum absolute atomic E-state index is 0.254. The third-order valence-electron chi connectivity index (χ3n) is 2.88. The molecule has 0 atom stereocenters. The topological polar surface area (TPSA) is 104 Å². The van der Waals surface area contributed by atoms with Gasteiger partial charge in [0.1, 0.15) is 5.76 Å². The number of esters is 1. The second-order valence-corrected chi connectivity index (χ2v) is 4.29. The van der Waals surface area contributed by atoms with Crippen molar-refractivity contribution in [2.24, 2.45) is 0 Å². The molecule has 0 unspecified atom stereocenters. The van der Waals surface area contributed by atoms with E-state index in [9.17, 15) is 24.9 Å². The first-order chi connectivity index (χ1) is 9.92. The number of methoxy groups -OCH3 is 1. The third kappa shape index (κ3) is 2.94. The number of hydrogen-bond acceptors (Lipinski definition) is 6.